The van der Waals surface area contributed by atoms with Gasteiger partial charge < -0.3 is 21.6 Å². The van der Waals surface area contributed by atoms with E-state index in [1.807, 2.05) is 0 Å². The van der Waals surface area contributed by atoms with Crippen LogP contribution in [0.4, 0.5) is 4.39 Å². The van der Waals surface area contributed by atoms with Crippen molar-refractivity contribution >= 4 is 5.96 Å². The topological polar surface area (TPSA) is 85.7 Å². The summed E-state index contributed by atoms with van der Waals surface area (Å²) in [6.45, 7) is 0.859. The molecule has 0 atom stereocenters. The molecule has 6 heteroatoms. The van der Waals surface area contributed by atoms with Crippen LogP contribution in [0.3, 0.4) is 0 Å². The third-order valence-corrected chi connectivity index (χ3v) is 1.50. The number of benzene rings is 1. The second-order valence-electron chi connectivity index (χ2n) is 2.75. The van der Waals surface area contributed by atoms with Crippen molar-refractivity contribution in [1.82, 2.24) is 5.43 Å². The molecule has 82 valence electrons. The van der Waals surface area contributed by atoms with Gasteiger partial charge in [-0.25, -0.2) is 4.39 Å². The first-order chi connectivity index (χ1) is 7.18. The Morgan fingerprint density at radius 1 is 1.33 bits per heavy atom. The van der Waals surface area contributed by atoms with E-state index in [1.54, 1.807) is 12.1 Å². The molecule has 0 aliphatic heterocycles. The van der Waals surface area contributed by atoms with Gasteiger partial charge in [-0.3, -0.25) is 0 Å². The quantitative estimate of drug-likeness (QED) is 0.277. The molecule has 0 radical (unpaired) electrons. The van der Waals surface area contributed by atoms with Crippen molar-refractivity contribution in [3.8, 4) is 5.75 Å². The van der Waals surface area contributed by atoms with Crippen LogP contribution < -0.4 is 21.6 Å². The minimum Gasteiger partial charge on any atom is -0.492 e. The Morgan fingerprint density at radius 3 is 2.60 bits per heavy atom. The zero-order valence-electron chi connectivity index (χ0n) is 8.11. The van der Waals surface area contributed by atoms with Gasteiger partial charge in [-0.05, 0) is 24.3 Å². The molecule has 0 aliphatic carbocycles. The number of hydrazone groups is 1. The SMILES string of the molecule is NC(N)=NNCCOc1ccc(F)cc1. The Balaban J connectivity index is 2.20. The molecule has 1 rings (SSSR count). The zero-order chi connectivity index (χ0) is 11.1. The second kappa shape index (κ2) is 5.69. The van der Waals surface area contributed by atoms with Gasteiger partial charge in [-0.15, -0.1) is 5.10 Å². The van der Waals surface area contributed by atoms with Gasteiger partial charge in [-0.2, -0.15) is 0 Å². The molecule has 0 aliphatic rings. The molecule has 5 N–H and O–H groups in total. The molecule has 0 bridgehead atoms. The molecule has 0 amide bonds. The van der Waals surface area contributed by atoms with Gasteiger partial charge >= 0.3 is 0 Å². The number of nitrogens with two attached hydrogens (primary N) is 2. The normalized spacial score (nSPS) is 9.40. The van der Waals surface area contributed by atoms with Crippen molar-refractivity contribution in [3.63, 3.8) is 0 Å². The third-order valence-electron chi connectivity index (χ3n) is 1.50. The first kappa shape index (κ1) is 11.1. The lowest BCUT2D eigenvalue weighted by Crippen LogP contribution is -2.27. The highest BCUT2D eigenvalue weighted by atomic mass is 19.1. The second-order valence-corrected chi connectivity index (χ2v) is 2.75. The maximum Gasteiger partial charge on any atom is 0.208 e. The van der Waals surface area contributed by atoms with E-state index in [1.165, 1.54) is 12.1 Å². The van der Waals surface area contributed by atoms with Crippen LogP contribution in [0.2, 0.25) is 0 Å². The summed E-state index contributed by atoms with van der Waals surface area (Å²) in [5.41, 5.74) is 12.8. The average molecular weight is 212 g/mol. The van der Waals surface area contributed by atoms with E-state index in [0.717, 1.165) is 0 Å². The van der Waals surface area contributed by atoms with Gasteiger partial charge in [0.2, 0.25) is 5.96 Å². The smallest absolute Gasteiger partial charge is 0.208 e. The lowest BCUT2D eigenvalue weighted by molar-refractivity contribution is 0.315. The molecule has 0 heterocycles. The van der Waals surface area contributed by atoms with Gasteiger partial charge in [0.25, 0.3) is 0 Å². The maximum atomic E-state index is 12.5. The number of guanidine groups is 1. The van der Waals surface area contributed by atoms with Crippen molar-refractivity contribution < 1.29 is 9.13 Å². The van der Waals surface area contributed by atoms with Gasteiger partial charge in [0, 0.05) is 0 Å². The van der Waals surface area contributed by atoms with Gasteiger partial charge in [0.15, 0.2) is 0 Å². The van der Waals surface area contributed by atoms with Crippen molar-refractivity contribution in [2.45, 2.75) is 0 Å². The van der Waals surface area contributed by atoms with E-state index in [0.29, 0.717) is 18.9 Å². The summed E-state index contributed by atoms with van der Waals surface area (Å²) in [6.07, 6.45) is 0. The number of rotatable bonds is 5. The summed E-state index contributed by atoms with van der Waals surface area (Å²) >= 11 is 0. The Bertz CT molecular complexity index is 321. The Kier molecular flexibility index (Phi) is 4.21. The number of halogens is 1. The Hall–Kier alpha value is -1.98. The molecule has 5 nitrogen and oxygen atoms in total. The van der Waals surface area contributed by atoms with E-state index < -0.39 is 0 Å². The molecular weight excluding hydrogens is 199 g/mol. The Labute approximate surface area is 86.9 Å². The number of ether oxygens (including phenoxy) is 1. The van der Waals surface area contributed by atoms with Crippen molar-refractivity contribution in [1.29, 1.82) is 0 Å². The van der Waals surface area contributed by atoms with E-state index in [4.69, 9.17) is 16.2 Å². The van der Waals surface area contributed by atoms with Crippen LogP contribution in [0.15, 0.2) is 29.4 Å². The van der Waals surface area contributed by atoms with Crippen LogP contribution >= 0.6 is 0 Å². The van der Waals surface area contributed by atoms with Crippen LogP contribution in [0, 0.1) is 5.82 Å². The molecule has 15 heavy (non-hydrogen) atoms. The lowest BCUT2D eigenvalue weighted by atomic mass is 10.3. The van der Waals surface area contributed by atoms with E-state index in [9.17, 15) is 4.39 Å². The molecule has 0 spiro atoms. The molecule has 1 aromatic carbocycles. The van der Waals surface area contributed by atoms with Crippen molar-refractivity contribution in [2.75, 3.05) is 13.2 Å². The summed E-state index contributed by atoms with van der Waals surface area (Å²) in [7, 11) is 0. The first-order valence-electron chi connectivity index (χ1n) is 4.38. The fourth-order valence-electron chi connectivity index (χ4n) is 0.893. The Morgan fingerprint density at radius 2 is 2.00 bits per heavy atom. The van der Waals surface area contributed by atoms with E-state index in [2.05, 4.69) is 10.5 Å². The molecule has 1 aromatic rings. The molecule has 0 unspecified atom stereocenters. The predicted octanol–water partition coefficient (Wildman–Crippen LogP) is -0.0175. The van der Waals surface area contributed by atoms with Crippen molar-refractivity contribution in [2.24, 2.45) is 16.6 Å². The number of hydrogen-bond donors (Lipinski definition) is 3. The van der Waals surface area contributed by atoms with Crippen LogP contribution in [0.25, 0.3) is 0 Å². The first-order valence-corrected chi connectivity index (χ1v) is 4.38. The number of hydrogen-bond acceptors (Lipinski definition) is 3. The highest BCUT2D eigenvalue weighted by Gasteiger charge is 1.93. The monoisotopic (exact) mass is 212 g/mol. The molecule has 0 saturated heterocycles. The lowest BCUT2D eigenvalue weighted by Gasteiger charge is -2.05. The fraction of sp³-hybridized carbons (Fsp3) is 0.222. The van der Waals surface area contributed by atoms with Crippen LogP contribution in [-0.2, 0) is 0 Å². The number of nitrogens with one attached hydrogen (secondary N) is 1. The zero-order valence-corrected chi connectivity index (χ0v) is 8.11. The standard InChI is InChI=1S/C9H13FN4O/c10-7-1-3-8(4-2-7)15-6-5-13-14-9(11)12/h1-4,13H,5-6H2,(H4,11,12,14). The van der Waals surface area contributed by atoms with Gasteiger partial charge in [0.05, 0.1) is 6.54 Å². The summed E-state index contributed by atoms with van der Waals surface area (Å²) in [5, 5.41) is 3.55. The maximum absolute atomic E-state index is 12.5. The summed E-state index contributed by atoms with van der Waals surface area (Å²) in [6, 6.07) is 5.77. The molecular formula is C9H13FN4O. The van der Waals surface area contributed by atoms with E-state index >= 15 is 0 Å². The summed E-state index contributed by atoms with van der Waals surface area (Å²) in [4.78, 5) is 0. The van der Waals surface area contributed by atoms with E-state index in [-0.39, 0.29) is 11.8 Å². The highest BCUT2D eigenvalue weighted by molar-refractivity contribution is 5.75. The molecule has 0 aromatic heterocycles. The third kappa shape index (κ3) is 4.70. The molecule has 0 saturated carbocycles. The average Bonchev–Trinajstić information content (AvgIpc) is 2.20. The summed E-state index contributed by atoms with van der Waals surface area (Å²) in [5.74, 6) is 0.278. The van der Waals surface area contributed by atoms with Gasteiger partial charge in [-0.1, -0.05) is 0 Å². The van der Waals surface area contributed by atoms with Crippen molar-refractivity contribution in [3.05, 3.63) is 30.1 Å². The van der Waals surface area contributed by atoms with Crippen LogP contribution in [0.5, 0.6) is 5.75 Å². The number of nitrogens with zero attached hydrogens (tertiary/aromatic N) is 1. The minimum atomic E-state index is -0.291. The molecule has 0 fully saturated rings. The largest absolute Gasteiger partial charge is 0.492 e. The predicted molar refractivity (Wildman–Crippen MR) is 55.7 cm³/mol. The van der Waals surface area contributed by atoms with Crippen LogP contribution in [-0.4, -0.2) is 19.1 Å². The minimum absolute atomic E-state index is 0.0308. The van der Waals surface area contributed by atoms with Gasteiger partial charge in [0.1, 0.15) is 18.2 Å². The fourth-order valence-corrected chi connectivity index (χ4v) is 0.893. The summed E-state index contributed by atoms with van der Waals surface area (Å²) < 4.78 is 17.8. The highest BCUT2D eigenvalue weighted by Crippen LogP contribution is 2.10. The van der Waals surface area contributed by atoms with Crippen LogP contribution in [0.1, 0.15) is 0 Å².